The molecule has 1 aromatic heterocycles. The van der Waals surface area contributed by atoms with Crippen LogP contribution in [0.3, 0.4) is 0 Å². The number of ether oxygens (including phenoxy) is 1. The van der Waals surface area contributed by atoms with Gasteiger partial charge in [-0.1, -0.05) is 0 Å². The van der Waals surface area contributed by atoms with Gasteiger partial charge in [0.25, 0.3) is 0 Å². The Labute approximate surface area is 142 Å². The van der Waals surface area contributed by atoms with Gasteiger partial charge < -0.3 is 19.8 Å². The van der Waals surface area contributed by atoms with Gasteiger partial charge in [-0.2, -0.15) is 11.8 Å². The average molecular weight is 340 g/mol. The Balaban J connectivity index is 1.78. The summed E-state index contributed by atoms with van der Waals surface area (Å²) < 4.78 is 11.1. The van der Waals surface area contributed by atoms with Gasteiger partial charge >= 0.3 is 6.09 Å². The predicted octanol–water partition coefficient (Wildman–Crippen LogP) is 3.68. The highest BCUT2D eigenvalue weighted by atomic mass is 32.2. The number of amides is 1. The minimum absolute atomic E-state index is 0.184. The smallest absolute Gasteiger partial charge is 0.408 e. The van der Waals surface area contributed by atoms with E-state index in [2.05, 4.69) is 16.9 Å². The van der Waals surface area contributed by atoms with E-state index in [-0.39, 0.29) is 11.6 Å². The van der Waals surface area contributed by atoms with Crippen LogP contribution in [-0.4, -0.2) is 30.0 Å². The first kappa shape index (κ1) is 18.2. The van der Waals surface area contributed by atoms with Crippen LogP contribution >= 0.6 is 11.8 Å². The van der Waals surface area contributed by atoms with Gasteiger partial charge in [-0.25, -0.2) is 4.79 Å². The summed E-state index contributed by atoms with van der Waals surface area (Å²) in [6, 6.07) is 4.03. The minimum Gasteiger partial charge on any atom is -0.464 e. The molecule has 0 aromatic carbocycles. The minimum atomic E-state index is -0.468. The number of carbonyl (C=O) groups excluding carboxylic acids is 1. The zero-order valence-electron chi connectivity index (χ0n) is 14.5. The van der Waals surface area contributed by atoms with Crippen molar-refractivity contribution in [1.82, 2.24) is 10.6 Å². The highest BCUT2D eigenvalue weighted by Gasteiger charge is 2.39. The lowest BCUT2D eigenvalue weighted by Crippen LogP contribution is -2.59. The Morgan fingerprint density at radius 1 is 1.35 bits per heavy atom. The SMILES string of the molecule is CSCc1ccc(CNCC2(NC(=O)OC(C)(C)C)CCC2)o1. The molecule has 1 saturated carbocycles. The van der Waals surface area contributed by atoms with Crippen LogP contribution < -0.4 is 10.6 Å². The van der Waals surface area contributed by atoms with Gasteiger partial charge in [0.1, 0.15) is 17.1 Å². The van der Waals surface area contributed by atoms with Crippen LogP contribution in [0, 0.1) is 0 Å². The van der Waals surface area contributed by atoms with Gasteiger partial charge in [-0.15, -0.1) is 0 Å². The molecule has 0 atom stereocenters. The molecule has 130 valence electrons. The molecule has 2 rings (SSSR count). The van der Waals surface area contributed by atoms with Crippen molar-refractivity contribution in [2.24, 2.45) is 0 Å². The molecule has 0 radical (unpaired) electrons. The van der Waals surface area contributed by atoms with Crippen LogP contribution in [0.25, 0.3) is 0 Å². The van der Waals surface area contributed by atoms with Crippen LogP contribution in [-0.2, 0) is 17.0 Å². The quantitative estimate of drug-likeness (QED) is 0.793. The van der Waals surface area contributed by atoms with E-state index in [0.717, 1.165) is 43.1 Å². The lowest BCUT2D eigenvalue weighted by atomic mass is 9.76. The summed E-state index contributed by atoms with van der Waals surface area (Å²) in [6.07, 6.45) is 4.82. The van der Waals surface area contributed by atoms with E-state index in [4.69, 9.17) is 9.15 Å². The van der Waals surface area contributed by atoms with E-state index in [1.165, 1.54) is 0 Å². The third-order valence-electron chi connectivity index (χ3n) is 3.84. The van der Waals surface area contributed by atoms with E-state index in [0.29, 0.717) is 6.54 Å². The van der Waals surface area contributed by atoms with Gasteiger partial charge in [-0.05, 0) is 58.4 Å². The summed E-state index contributed by atoms with van der Waals surface area (Å²) >= 11 is 1.74. The van der Waals surface area contributed by atoms with Crippen molar-refractivity contribution in [2.75, 3.05) is 12.8 Å². The summed E-state index contributed by atoms with van der Waals surface area (Å²) in [6.45, 7) is 7.03. The highest BCUT2D eigenvalue weighted by molar-refractivity contribution is 7.97. The fourth-order valence-corrected chi connectivity index (χ4v) is 3.07. The lowest BCUT2D eigenvalue weighted by molar-refractivity contribution is 0.0382. The second-order valence-electron chi connectivity index (χ2n) is 7.17. The largest absolute Gasteiger partial charge is 0.464 e. The maximum atomic E-state index is 12.0. The molecule has 0 unspecified atom stereocenters. The predicted molar refractivity (Wildman–Crippen MR) is 93.6 cm³/mol. The molecule has 0 spiro atoms. The standard InChI is InChI=1S/C17H28N2O3S/c1-16(2,3)22-15(20)19-17(8-5-9-17)12-18-10-13-6-7-14(21-13)11-23-4/h6-7,18H,5,8-12H2,1-4H3,(H,19,20). The summed E-state index contributed by atoms with van der Waals surface area (Å²) in [5.74, 6) is 2.82. The number of carbonyl (C=O) groups is 1. The van der Waals surface area contributed by atoms with Gasteiger partial charge in [0.05, 0.1) is 17.8 Å². The molecule has 1 fully saturated rings. The molecule has 1 heterocycles. The first-order valence-corrected chi connectivity index (χ1v) is 9.50. The molecule has 6 heteroatoms. The summed E-state index contributed by atoms with van der Waals surface area (Å²) in [7, 11) is 0. The van der Waals surface area contributed by atoms with Crippen LogP contribution in [0.1, 0.15) is 51.6 Å². The van der Waals surface area contributed by atoms with Crippen molar-refractivity contribution in [2.45, 2.75) is 63.5 Å². The molecule has 5 nitrogen and oxygen atoms in total. The molecular formula is C17H28N2O3S. The third-order valence-corrected chi connectivity index (χ3v) is 4.42. The lowest BCUT2D eigenvalue weighted by Gasteiger charge is -2.42. The molecular weight excluding hydrogens is 312 g/mol. The molecule has 0 aliphatic heterocycles. The molecule has 1 aromatic rings. The molecule has 23 heavy (non-hydrogen) atoms. The number of hydrogen-bond acceptors (Lipinski definition) is 5. The fourth-order valence-electron chi connectivity index (χ4n) is 2.63. The van der Waals surface area contributed by atoms with Crippen molar-refractivity contribution in [3.8, 4) is 0 Å². The molecule has 0 saturated heterocycles. The topological polar surface area (TPSA) is 63.5 Å². The molecule has 1 aliphatic rings. The molecule has 1 amide bonds. The number of nitrogens with one attached hydrogen (secondary N) is 2. The van der Waals surface area contributed by atoms with Crippen molar-refractivity contribution in [1.29, 1.82) is 0 Å². The first-order chi connectivity index (χ1) is 10.8. The van der Waals surface area contributed by atoms with Gasteiger partial charge in [0, 0.05) is 6.54 Å². The first-order valence-electron chi connectivity index (χ1n) is 8.10. The van der Waals surface area contributed by atoms with Crippen molar-refractivity contribution in [3.05, 3.63) is 23.7 Å². The number of hydrogen-bond donors (Lipinski definition) is 2. The Morgan fingerprint density at radius 3 is 2.61 bits per heavy atom. The maximum Gasteiger partial charge on any atom is 0.408 e. The fraction of sp³-hybridized carbons (Fsp3) is 0.706. The van der Waals surface area contributed by atoms with Crippen LogP contribution in [0.4, 0.5) is 4.79 Å². The normalized spacial score (nSPS) is 16.7. The molecule has 2 N–H and O–H groups in total. The van der Waals surface area contributed by atoms with E-state index >= 15 is 0 Å². The number of rotatable bonds is 7. The molecule has 1 aliphatic carbocycles. The Hall–Kier alpha value is -1.14. The highest BCUT2D eigenvalue weighted by Crippen LogP contribution is 2.31. The molecule has 0 bridgehead atoms. The van der Waals surface area contributed by atoms with E-state index < -0.39 is 5.60 Å². The average Bonchev–Trinajstić information content (AvgIpc) is 2.81. The second-order valence-corrected chi connectivity index (χ2v) is 8.03. The Kier molecular flexibility index (Phi) is 6.03. The van der Waals surface area contributed by atoms with Gasteiger partial charge in [-0.3, -0.25) is 0 Å². The zero-order valence-corrected chi connectivity index (χ0v) is 15.3. The third kappa shape index (κ3) is 5.77. The van der Waals surface area contributed by atoms with Crippen molar-refractivity contribution < 1.29 is 13.9 Å². The van der Waals surface area contributed by atoms with Crippen LogP contribution in [0.5, 0.6) is 0 Å². The summed E-state index contributed by atoms with van der Waals surface area (Å²) in [5.41, 5.74) is -0.651. The maximum absolute atomic E-state index is 12.0. The number of furan rings is 1. The summed E-state index contributed by atoms with van der Waals surface area (Å²) in [5, 5.41) is 6.44. The van der Waals surface area contributed by atoms with Crippen LogP contribution in [0.15, 0.2) is 16.5 Å². The Bertz CT molecular complexity index is 518. The van der Waals surface area contributed by atoms with E-state index in [9.17, 15) is 4.79 Å². The Morgan fingerprint density at radius 2 is 2.04 bits per heavy atom. The van der Waals surface area contributed by atoms with Gasteiger partial charge in [0.15, 0.2) is 0 Å². The monoisotopic (exact) mass is 340 g/mol. The number of thioether (sulfide) groups is 1. The van der Waals surface area contributed by atoms with Crippen molar-refractivity contribution in [3.63, 3.8) is 0 Å². The van der Waals surface area contributed by atoms with E-state index in [1.54, 1.807) is 11.8 Å². The van der Waals surface area contributed by atoms with Crippen molar-refractivity contribution >= 4 is 17.9 Å². The number of alkyl carbamates (subject to hydrolysis) is 1. The second kappa shape index (κ2) is 7.62. The summed E-state index contributed by atoms with van der Waals surface area (Å²) in [4.78, 5) is 12.0. The van der Waals surface area contributed by atoms with E-state index in [1.807, 2.05) is 32.9 Å². The zero-order chi connectivity index (χ0) is 16.9. The van der Waals surface area contributed by atoms with Gasteiger partial charge in [0.2, 0.25) is 0 Å². The van der Waals surface area contributed by atoms with Crippen LogP contribution in [0.2, 0.25) is 0 Å².